The fourth-order valence-electron chi connectivity index (χ4n) is 1.32. The number of ketones is 1. The Labute approximate surface area is 85.7 Å². The number of ether oxygens (including phenoxy) is 1. The molecule has 0 saturated heterocycles. The molecular formula is C9H9N3O3. The number of carbonyl (C=O) groups excluding carboxylic acids is 2. The van der Waals surface area contributed by atoms with Crippen LogP contribution in [0.4, 0.5) is 0 Å². The van der Waals surface area contributed by atoms with Crippen molar-refractivity contribution in [3.63, 3.8) is 0 Å². The minimum atomic E-state index is -0.586. The van der Waals surface area contributed by atoms with E-state index in [0.29, 0.717) is 5.71 Å². The van der Waals surface area contributed by atoms with Gasteiger partial charge in [-0.3, -0.25) is 10.2 Å². The number of aliphatic imine (C=N–C) groups is 1. The second kappa shape index (κ2) is 3.64. The summed E-state index contributed by atoms with van der Waals surface area (Å²) in [5.74, 6) is -0.822. The molecule has 2 aliphatic rings. The average molecular weight is 207 g/mol. The smallest absolute Gasteiger partial charge is 0.357 e. The molecule has 6 heteroatoms. The van der Waals surface area contributed by atoms with Crippen molar-refractivity contribution in [1.82, 2.24) is 5.43 Å². The Morgan fingerprint density at radius 1 is 1.67 bits per heavy atom. The quantitative estimate of drug-likeness (QED) is 0.614. The van der Waals surface area contributed by atoms with Gasteiger partial charge in [-0.05, 0) is 6.92 Å². The van der Waals surface area contributed by atoms with Crippen molar-refractivity contribution in [2.75, 3.05) is 6.61 Å². The van der Waals surface area contributed by atoms with Crippen molar-refractivity contribution in [2.24, 2.45) is 10.1 Å². The highest BCUT2D eigenvalue weighted by Crippen LogP contribution is 2.12. The third-order valence-electron chi connectivity index (χ3n) is 1.99. The molecule has 15 heavy (non-hydrogen) atoms. The van der Waals surface area contributed by atoms with Crippen LogP contribution in [0.2, 0.25) is 0 Å². The monoisotopic (exact) mass is 207 g/mol. The Bertz CT molecular complexity index is 409. The maximum absolute atomic E-state index is 11.5. The van der Waals surface area contributed by atoms with Gasteiger partial charge in [0.15, 0.2) is 11.5 Å². The summed E-state index contributed by atoms with van der Waals surface area (Å²) in [5.41, 5.74) is 3.07. The van der Waals surface area contributed by atoms with E-state index in [9.17, 15) is 9.59 Å². The summed E-state index contributed by atoms with van der Waals surface area (Å²) in [4.78, 5) is 26.8. The van der Waals surface area contributed by atoms with Gasteiger partial charge in [0.2, 0.25) is 0 Å². The number of hydrazone groups is 1. The molecule has 6 nitrogen and oxygen atoms in total. The van der Waals surface area contributed by atoms with Crippen molar-refractivity contribution < 1.29 is 14.3 Å². The Balaban J connectivity index is 2.24. The van der Waals surface area contributed by atoms with Gasteiger partial charge < -0.3 is 4.74 Å². The first-order valence-corrected chi connectivity index (χ1v) is 4.52. The molecule has 0 amide bonds. The molecule has 2 aliphatic heterocycles. The van der Waals surface area contributed by atoms with Crippen LogP contribution in [0.3, 0.4) is 0 Å². The lowest BCUT2D eigenvalue weighted by molar-refractivity contribution is -0.138. The summed E-state index contributed by atoms with van der Waals surface area (Å²) in [6.45, 7) is 1.95. The van der Waals surface area contributed by atoms with E-state index < -0.39 is 12.0 Å². The molecule has 0 aromatic rings. The van der Waals surface area contributed by atoms with Gasteiger partial charge in [-0.25, -0.2) is 9.79 Å². The standard InChI is InChI=1S/C9H9N3O3/c1-2-15-9(14)5-3-7(13)8-6(11-5)4-10-12-8/h3-4,8,12H,2H2,1H3. The molecule has 2 heterocycles. The summed E-state index contributed by atoms with van der Waals surface area (Å²) in [6, 6.07) is -0.539. The van der Waals surface area contributed by atoms with Gasteiger partial charge in [0, 0.05) is 6.08 Å². The van der Waals surface area contributed by atoms with Crippen molar-refractivity contribution >= 4 is 23.7 Å². The van der Waals surface area contributed by atoms with Crippen LogP contribution in [0.1, 0.15) is 6.92 Å². The van der Waals surface area contributed by atoms with E-state index in [-0.39, 0.29) is 18.1 Å². The van der Waals surface area contributed by atoms with Crippen LogP contribution in [0, 0.1) is 0 Å². The molecule has 0 aromatic heterocycles. The molecule has 1 atom stereocenters. The predicted octanol–water partition coefficient (Wildman–Crippen LogP) is -0.585. The van der Waals surface area contributed by atoms with Crippen LogP contribution in [0.15, 0.2) is 21.9 Å². The highest BCUT2D eigenvalue weighted by Gasteiger charge is 2.31. The van der Waals surface area contributed by atoms with E-state index in [1.54, 1.807) is 6.92 Å². The fraction of sp³-hybridized carbons (Fsp3) is 0.333. The molecule has 0 spiro atoms. The first kappa shape index (κ1) is 9.57. The summed E-state index contributed by atoms with van der Waals surface area (Å²) in [6.07, 6.45) is 2.60. The van der Waals surface area contributed by atoms with E-state index in [4.69, 9.17) is 4.74 Å². The molecule has 0 radical (unpaired) electrons. The van der Waals surface area contributed by atoms with Gasteiger partial charge in [0.25, 0.3) is 0 Å². The highest BCUT2D eigenvalue weighted by molar-refractivity contribution is 6.42. The van der Waals surface area contributed by atoms with Crippen LogP contribution in [-0.2, 0) is 14.3 Å². The molecule has 0 aliphatic carbocycles. The van der Waals surface area contributed by atoms with Gasteiger partial charge in [0.1, 0.15) is 6.04 Å². The van der Waals surface area contributed by atoms with Gasteiger partial charge >= 0.3 is 5.97 Å². The molecule has 1 N–H and O–H groups in total. The SMILES string of the molecule is CCOC(=O)C1=CC(=O)C2NN=CC2=N1. The summed E-state index contributed by atoms with van der Waals surface area (Å²) >= 11 is 0. The van der Waals surface area contributed by atoms with Crippen molar-refractivity contribution in [1.29, 1.82) is 0 Å². The summed E-state index contributed by atoms with van der Waals surface area (Å²) < 4.78 is 4.75. The summed E-state index contributed by atoms with van der Waals surface area (Å²) in [7, 11) is 0. The molecular weight excluding hydrogens is 198 g/mol. The first-order chi connectivity index (χ1) is 7.22. The minimum Gasteiger partial charge on any atom is -0.461 e. The number of esters is 1. The number of fused-ring (bicyclic) bond motifs is 1. The molecule has 0 aromatic carbocycles. The Kier molecular flexibility index (Phi) is 2.32. The van der Waals surface area contributed by atoms with Crippen molar-refractivity contribution in [3.05, 3.63) is 11.8 Å². The van der Waals surface area contributed by atoms with Crippen LogP contribution >= 0.6 is 0 Å². The molecule has 2 rings (SSSR count). The number of nitrogens with one attached hydrogen (secondary N) is 1. The molecule has 78 valence electrons. The molecule has 1 unspecified atom stereocenters. The minimum absolute atomic E-state index is 0.0308. The summed E-state index contributed by atoms with van der Waals surface area (Å²) in [5, 5.41) is 3.71. The van der Waals surface area contributed by atoms with E-state index >= 15 is 0 Å². The van der Waals surface area contributed by atoms with E-state index in [2.05, 4.69) is 15.5 Å². The molecule has 0 saturated carbocycles. The van der Waals surface area contributed by atoms with Gasteiger partial charge in [-0.15, -0.1) is 0 Å². The third-order valence-corrected chi connectivity index (χ3v) is 1.99. The Morgan fingerprint density at radius 3 is 3.20 bits per heavy atom. The maximum Gasteiger partial charge on any atom is 0.357 e. The van der Waals surface area contributed by atoms with Crippen LogP contribution < -0.4 is 5.43 Å². The van der Waals surface area contributed by atoms with E-state index in [0.717, 1.165) is 0 Å². The zero-order valence-electron chi connectivity index (χ0n) is 8.06. The Morgan fingerprint density at radius 2 is 2.47 bits per heavy atom. The average Bonchev–Trinajstić information content (AvgIpc) is 2.66. The van der Waals surface area contributed by atoms with E-state index in [1.807, 2.05) is 0 Å². The maximum atomic E-state index is 11.5. The van der Waals surface area contributed by atoms with Crippen LogP contribution in [-0.4, -0.2) is 36.3 Å². The van der Waals surface area contributed by atoms with Crippen molar-refractivity contribution in [3.8, 4) is 0 Å². The zero-order chi connectivity index (χ0) is 10.8. The number of nitrogens with zero attached hydrogens (tertiary/aromatic N) is 2. The fourth-order valence-corrected chi connectivity index (χ4v) is 1.32. The predicted molar refractivity (Wildman–Crippen MR) is 52.6 cm³/mol. The first-order valence-electron chi connectivity index (χ1n) is 4.52. The topological polar surface area (TPSA) is 80.1 Å². The number of hydrogen-bond donors (Lipinski definition) is 1. The third kappa shape index (κ3) is 1.65. The molecule has 0 bridgehead atoms. The van der Waals surface area contributed by atoms with Crippen LogP contribution in [0.25, 0.3) is 0 Å². The van der Waals surface area contributed by atoms with E-state index in [1.165, 1.54) is 12.3 Å². The van der Waals surface area contributed by atoms with Crippen LogP contribution in [0.5, 0.6) is 0 Å². The highest BCUT2D eigenvalue weighted by atomic mass is 16.5. The number of carbonyl (C=O) groups is 2. The van der Waals surface area contributed by atoms with Crippen molar-refractivity contribution in [2.45, 2.75) is 13.0 Å². The lowest BCUT2D eigenvalue weighted by Gasteiger charge is -2.13. The lowest BCUT2D eigenvalue weighted by Crippen LogP contribution is -2.38. The zero-order valence-corrected chi connectivity index (χ0v) is 8.06. The normalized spacial score (nSPS) is 22.7. The number of hydrogen-bond acceptors (Lipinski definition) is 6. The second-order valence-corrected chi connectivity index (χ2v) is 3.01. The largest absolute Gasteiger partial charge is 0.461 e. The molecule has 0 fully saturated rings. The second-order valence-electron chi connectivity index (χ2n) is 3.01. The van der Waals surface area contributed by atoms with Gasteiger partial charge in [-0.1, -0.05) is 0 Å². The number of rotatable bonds is 2. The Hall–Kier alpha value is -1.98. The van der Waals surface area contributed by atoms with Gasteiger partial charge in [-0.2, -0.15) is 5.10 Å². The van der Waals surface area contributed by atoms with Gasteiger partial charge in [0.05, 0.1) is 18.5 Å². The lowest BCUT2D eigenvalue weighted by atomic mass is 10.1.